The molecular formula is C17H12Cl2F3N3O2. The fourth-order valence-electron chi connectivity index (χ4n) is 2.77. The molecule has 0 radical (unpaired) electrons. The van der Waals surface area contributed by atoms with Crippen LogP contribution < -0.4 is 16.0 Å². The summed E-state index contributed by atoms with van der Waals surface area (Å²) in [6, 6.07) is 8.34. The van der Waals surface area contributed by atoms with Crippen molar-refractivity contribution < 1.29 is 22.8 Å². The highest BCUT2D eigenvalue weighted by Gasteiger charge is 2.59. The number of amides is 3. The van der Waals surface area contributed by atoms with Gasteiger partial charge in [-0.1, -0.05) is 23.2 Å². The molecule has 0 saturated carbocycles. The minimum atomic E-state index is -4.91. The lowest BCUT2D eigenvalue weighted by Crippen LogP contribution is -2.64. The maximum Gasteiger partial charge on any atom is 0.417 e. The third-order valence-corrected chi connectivity index (χ3v) is 4.61. The number of urea groups is 1. The van der Waals surface area contributed by atoms with Crippen molar-refractivity contribution in [3.05, 3.63) is 63.6 Å². The van der Waals surface area contributed by atoms with Gasteiger partial charge in [0.15, 0.2) is 5.54 Å². The molecule has 3 rings (SSSR count). The van der Waals surface area contributed by atoms with Gasteiger partial charge in [0.1, 0.15) is 0 Å². The number of carbonyl (C=O) groups is 2. The molecule has 0 aromatic heterocycles. The minimum absolute atomic E-state index is 0.0405. The first-order valence-corrected chi connectivity index (χ1v) is 8.38. The van der Waals surface area contributed by atoms with Crippen molar-refractivity contribution in [3.8, 4) is 0 Å². The van der Waals surface area contributed by atoms with Gasteiger partial charge < -0.3 is 16.0 Å². The molecule has 2 aromatic rings. The number of hydrogen-bond donors (Lipinski definition) is 3. The Balaban J connectivity index is 1.97. The van der Waals surface area contributed by atoms with Crippen molar-refractivity contribution in [2.24, 2.45) is 0 Å². The predicted molar refractivity (Wildman–Crippen MR) is 95.1 cm³/mol. The zero-order valence-electron chi connectivity index (χ0n) is 13.5. The van der Waals surface area contributed by atoms with Crippen LogP contribution in [0.25, 0.3) is 0 Å². The van der Waals surface area contributed by atoms with Crippen molar-refractivity contribution in [2.45, 2.75) is 11.7 Å². The van der Waals surface area contributed by atoms with Gasteiger partial charge in [0, 0.05) is 26.9 Å². The largest absolute Gasteiger partial charge is 0.417 e. The molecule has 0 spiro atoms. The molecule has 0 aliphatic carbocycles. The van der Waals surface area contributed by atoms with Crippen molar-refractivity contribution in [2.75, 3.05) is 11.9 Å². The summed E-state index contributed by atoms with van der Waals surface area (Å²) < 4.78 is 42.1. The van der Waals surface area contributed by atoms with Gasteiger partial charge in [-0.2, -0.15) is 13.2 Å². The lowest BCUT2D eigenvalue weighted by Gasteiger charge is -2.41. The molecule has 3 amide bonds. The third-order valence-electron chi connectivity index (χ3n) is 4.12. The van der Waals surface area contributed by atoms with E-state index in [-0.39, 0.29) is 21.8 Å². The fourth-order valence-corrected chi connectivity index (χ4v) is 3.07. The average Bonchev–Trinajstić information content (AvgIpc) is 2.59. The number of nitrogens with one attached hydrogen (secondary N) is 3. The highest BCUT2D eigenvalue weighted by molar-refractivity contribution is 6.31. The van der Waals surface area contributed by atoms with E-state index < -0.39 is 30.2 Å². The zero-order valence-corrected chi connectivity index (χ0v) is 15.0. The van der Waals surface area contributed by atoms with E-state index in [1.165, 1.54) is 36.4 Å². The van der Waals surface area contributed by atoms with Crippen LogP contribution in [0, 0.1) is 0 Å². The molecule has 1 atom stereocenters. The molecule has 0 saturated heterocycles. The normalized spacial score (nSPS) is 18.9. The SMILES string of the molecule is O=C1Nc2ccc(Cl)cc2C(CNC(=O)c2ccc(Cl)cc2)(C(F)(F)F)N1. The van der Waals surface area contributed by atoms with Gasteiger partial charge in [0.2, 0.25) is 0 Å². The number of hydrogen-bond acceptors (Lipinski definition) is 2. The summed E-state index contributed by atoms with van der Waals surface area (Å²) >= 11 is 11.6. The summed E-state index contributed by atoms with van der Waals surface area (Å²) in [5, 5.41) is 6.87. The Morgan fingerprint density at radius 1 is 1.07 bits per heavy atom. The van der Waals surface area contributed by atoms with Crippen LogP contribution in [0.5, 0.6) is 0 Å². The molecule has 2 aromatic carbocycles. The molecule has 1 heterocycles. The smallest absolute Gasteiger partial charge is 0.349 e. The van der Waals surface area contributed by atoms with Gasteiger partial charge in [-0.25, -0.2) is 4.79 Å². The molecule has 1 aliphatic rings. The summed E-state index contributed by atoms with van der Waals surface area (Å²) in [6.07, 6.45) is -4.91. The molecule has 142 valence electrons. The zero-order chi connectivity index (χ0) is 19.8. The Labute approximate surface area is 161 Å². The topological polar surface area (TPSA) is 70.2 Å². The molecule has 10 heteroatoms. The van der Waals surface area contributed by atoms with E-state index in [1.54, 1.807) is 0 Å². The number of fused-ring (bicyclic) bond motifs is 1. The molecule has 3 N–H and O–H groups in total. The summed E-state index contributed by atoms with van der Waals surface area (Å²) in [7, 11) is 0. The fraction of sp³-hybridized carbons (Fsp3) is 0.176. The van der Waals surface area contributed by atoms with Crippen LogP contribution in [0.15, 0.2) is 42.5 Å². The quantitative estimate of drug-likeness (QED) is 0.695. The van der Waals surface area contributed by atoms with Crippen LogP contribution >= 0.6 is 23.2 Å². The van der Waals surface area contributed by atoms with E-state index in [0.717, 1.165) is 6.07 Å². The molecule has 0 fully saturated rings. The number of rotatable bonds is 3. The Bertz CT molecular complexity index is 903. The Morgan fingerprint density at radius 3 is 2.33 bits per heavy atom. The lowest BCUT2D eigenvalue weighted by molar-refractivity contribution is -0.195. The highest BCUT2D eigenvalue weighted by Crippen LogP contribution is 2.44. The summed E-state index contributed by atoms with van der Waals surface area (Å²) in [4.78, 5) is 24.1. The molecule has 5 nitrogen and oxygen atoms in total. The first-order valence-electron chi connectivity index (χ1n) is 7.62. The van der Waals surface area contributed by atoms with Crippen molar-refractivity contribution >= 4 is 40.8 Å². The Hall–Kier alpha value is -2.45. The van der Waals surface area contributed by atoms with Crippen molar-refractivity contribution in [3.63, 3.8) is 0 Å². The van der Waals surface area contributed by atoms with Gasteiger partial charge in [-0.15, -0.1) is 0 Å². The molecule has 27 heavy (non-hydrogen) atoms. The number of anilines is 1. The van der Waals surface area contributed by atoms with Crippen LogP contribution in [0.1, 0.15) is 15.9 Å². The molecule has 0 bridgehead atoms. The molecular weight excluding hydrogens is 406 g/mol. The average molecular weight is 418 g/mol. The van der Waals surface area contributed by atoms with Gasteiger partial charge in [-0.3, -0.25) is 4.79 Å². The number of benzene rings is 2. The number of carbonyl (C=O) groups excluding carboxylic acids is 2. The van der Waals surface area contributed by atoms with E-state index in [4.69, 9.17) is 23.2 Å². The van der Waals surface area contributed by atoms with Crippen LogP contribution in [0.2, 0.25) is 10.0 Å². The summed E-state index contributed by atoms with van der Waals surface area (Å²) in [6.45, 7) is -0.918. The van der Waals surface area contributed by atoms with E-state index in [0.29, 0.717) is 5.02 Å². The Kier molecular flexibility index (Phi) is 4.96. The van der Waals surface area contributed by atoms with E-state index >= 15 is 0 Å². The molecule has 1 unspecified atom stereocenters. The first kappa shape index (κ1) is 19.3. The predicted octanol–water partition coefficient (Wildman–Crippen LogP) is 4.32. The number of halogens is 5. The second-order valence-electron chi connectivity index (χ2n) is 5.86. The Morgan fingerprint density at radius 2 is 1.70 bits per heavy atom. The second-order valence-corrected chi connectivity index (χ2v) is 6.73. The van der Waals surface area contributed by atoms with Crippen LogP contribution in [0.3, 0.4) is 0 Å². The second kappa shape index (κ2) is 6.94. The highest BCUT2D eigenvalue weighted by atomic mass is 35.5. The van der Waals surface area contributed by atoms with Gasteiger partial charge in [0.25, 0.3) is 5.91 Å². The monoisotopic (exact) mass is 417 g/mol. The first-order chi connectivity index (χ1) is 12.6. The minimum Gasteiger partial charge on any atom is -0.349 e. The van der Waals surface area contributed by atoms with Gasteiger partial charge >= 0.3 is 12.2 Å². The lowest BCUT2D eigenvalue weighted by atomic mass is 9.86. The van der Waals surface area contributed by atoms with E-state index in [2.05, 4.69) is 10.6 Å². The molecule has 1 aliphatic heterocycles. The summed E-state index contributed by atoms with van der Waals surface area (Å²) in [5.41, 5.74) is -3.04. The third kappa shape index (κ3) is 3.68. The van der Waals surface area contributed by atoms with Crippen LogP contribution in [-0.2, 0) is 5.54 Å². The van der Waals surface area contributed by atoms with E-state index in [1.807, 2.05) is 5.32 Å². The maximum absolute atomic E-state index is 14.0. The van der Waals surface area contributed by atoms with Crippen LogP contribution in [0.4, 0.5) is 23.7 Å². The standard InChI is InChI=1S/C17H12Cl2F3N3O2/c18-10-3-1-9(2-4-10)14(26)23-8-16(17(20,21)22)12-7-11(19)5-6-13(12)24-15(27)25-16/h1-7H,8H2,(H,23,26)(H2,24,25,27). The van der Waals surface area contributed by atoms with Crippen LogP contribution in [-0.4, -0.2) is 24.7 Å². The van der Waals surface area contributed by atoms with Gasteiger partial charge in [-0.05, 0) is 42.5 Å². The van der Waals surface area contributed by atoms with Gasteiger partial charge in [0.05, 0.1) is 6.54 Å². The van der Waals surface area contributed by atoms with Crippen molar-refractivity contribution in [1.82, 2.24) is 10.6 Å². The van der Waals surface area contributed by atoms with Crippen molar-refractivity contribution in [1.29, 1.82) is 0 Å². The number of alkyl halides is 3. The van der Waals surface area contributed by atoms with E-state index in [9.17, 15) is 22.8 Å². The summed E-state index contributed by atoms with van der Waals surface area (Å²) in [5.74, 6) is -0.744. The maximum atomic E-state index is 14.0.